The molecule has 0 heterocycles. The Bertz CT molecular complexity index is 568. The van der Waals surface area contributed by atoms with Gasteiger partial charge in [-0.05, 0) is 30.4 Å². The SMILES string of the molecule is Cc1ccc(CC(=O)C2CC2c2ccccc2)cc1. The fourth-order valence-electron chi connectivity index (χ4n) is 2.66. The Morgan fingerprint density at radius 3 is 2.42 bits per heavy atom. The van der Waals surface area contributed by atoms with E-state index in [4.69, 9.17) is 0 Å². The second-order valence-corrected chi connectivity index (χ2v) is 5.49. The highest BCUT2D eigenvalue weighted by Crippen LogP contribution is 2.48. The first-order chi connectivity index (χ1) is 9.24. The van der Waals surface area contributed by atoms with Crippen LogP contribution in [0.4, 0.5) is 0 Å². The predicted octanol–water partition coefficient (Wildman–Crippen LogP) is 3.91. The number of carbonyl (C=O) groups excluding carboxylic acids is 1. The van der Waals surface area contributed by atoms with Gasteiger partial charge >= 0.3 is 0 Å². The van der Waals surface area contributed by atoms with E-state index in [1.54, 1.807) is 0 Å². The van der Waals surface area contributed by atoms with Crippen LogP contribution >= 0.6 is 0 Å². The number of benzene rings is 2. The van der Waals surface area contributed by atoms with Crippen LogP contribution in [0.2, 0.25) is 0 Å². The van der Waals surface area contributed by atoms with E-state index in [-0.39, 0.29) is 5.92 Å². The second kappa shape index (κ2) is 5.00. The van der Waals surface area contributed by atoms with Gasteiger partial charge in [-0.1, -0.05) is 60.2 Å². The van der Waals surface area contributed by atoms with Gasteiger partial charge in [0.2, 0.25) is 0 Å². The van der Waals surface area contributed by atoms with Crippen LogP contribution in [0.15, 0.2) is 54.6 Å². The van der Waals surface area contributed by atoms with Crippen molar-refractivity contribution >= 4 is 5.78 Å². The van der Waals surface area contributed by atoms with Crippen LogP contribution in [0.25, 0.3) is 0 Å². The topological polar surface area (TPSA) is 17.1 Å². The van der Waals surface area contributed by atoms with Crippen LogP contribution < -0.4 is 0 Å². The number of ketones is 1. The Kier molecular flexibility index (Phi) is 3.20. The zero-order valence-corrected chi connectivity index (χ0v) is 11.2. The molecule has 1 aliphatic rings. The van der Waals surface area contributed by atoms with Crippen molar-refractivity contribution in [1.82, 2.24) is 0 Å². The fourth-order valence-corrected chi connectivity index (χ4v) is 2.66. The lowest BCUT2D eigenvalue weighted by atomic mass is 10.0. The van der Waals surface area contributed by atoms with Crippen LogP contribution in [-0.2, 0) is 11.2 Å². The van der Waals surface area contributed by atoms with Crippen LogP contribution in [0.3, 0.4) is 0 Å². The van der Waals surface area contributed by atoms with Crippen molar-refractivity contribution in [2.24, 2.45) is 5.92 Å². The van der Waals surface area contributed by atoms with Crippen LogP contribution in [0.1, 0.15) is 29.0 Å². The van der Waals surface area contributed by atoms with E-state index in [1.807, 2.05) is 6.07 Å². The molecule has 19 heavy (non-hydrogen) atoms. The van der Waals surface area contributed by atoms with Gasteiger partial charge in [0.1, 0.15) is 5.78 Å². The molecule has 1 aliphatic carbocycles. The largest absolute Gasteiger partial charge is 0.299 e. The maximum Gasteiger partial charge on any atom is 0.140 e. The molecule has 96 valence electrons. The van der Waals surface area contributed by atoms with E-state index in [9.17, 15) is 4.79 Å². The van der Waals surface area contributed by atoms with Crippen molar-refractivity contribution in [3.05, 3.63) is 71.3 Å². The molecule has 2 atom stereocenters. The summed E-state index contributed by atoms with van der Waals surface area (Å²) >= 11 is 0. The van der Waals surface area contributed by atoms with Gasteiger partial charge in [-0.25, -0.2) is 0 Å². The number of hydrogen-bond donors (Lipinski definition) is 0. The van der Waals surface area contributed by atoms with Crippen molar-refractivity contribution in [3.63, 3.8) is 0 Å². The number of carbonyl (C=O) groups is 1. The first-order valence-electron chi connectivity index (χ1n) is 6.87. The maximum atomic E-state index is 12.2. The normalized spacial score (nSPS) is 21.1. The molecule has 0 aliphatic heterocycles. The third-order valence-corrected chi connectivity index (χ3v) is 3.93. The van der Waals surface area contributed by atoms with Crippen LogP contribution in [-0.4, -0.2) is 5.78 Å². The average Bonchev–Trinajstić information content (AvgIpc) is 3.23. The van der Waals surface area contributed by atoms with Gasteiger partial charge in [0.25, 0.3) is 0 Å². The molecular formula is C18H18O. The Labute approximate surface area is 114 Å². The van der Waals surface area contributed by atoms with Gasteiger partial charge < -0.3 is 0 Å². The summed E-state index contributed by atoms with van der Waals surface area (Å²) in [5.41, 5.74) is 3.68. The zero-order chi connectivity index (χ0) is 13.2. The monoisotopic (exact) mass is 250 g/mol. The van der Waals surface area contributed by atoms with E-state index in [1.165, 1.54) is 11.1 Å². The predicted molar refractivity (Wildman–Crippen MR) is 77.2 cm³/mol. The molecular weight excluding hydrogens is 232 g/mol. The molecule has 1 fully saturated rings. The number of hydrogen-bond acceptors (Lipinski definition) is 1. The van der Waals surface area contributed by atoms with E-state index < -0.39 is 0 Å². The van der Waals surface area contributed by atoms with Gasteiger partial charge in [0.15, 0.2) is 0 Å². The minimum Gasteiger partial charge on any atom is -0.299 e. The Morgan fingerprint density at radius 2 is 1.74 bits per heavy atom. The van der Waals surface area contributed by atoms with Gasteiger partial charge in [-0.2, -0.15) is 0 Å². The summed E-state index contributed by atoms with van der Waals surface area (Å²) in [7, 11) is 0. The van der Waals surface area contributed by atoms with E-state index in [0.29, 0.717) is 18.1 Å². The molecule has 2 aromatic carbocycles. The molecule has 0 saturated heterocycles. The maximum absolute atomic E-state index is 12.2. The van der Waals surface area contributed by atoms with Gasteiger partial charge in [-0.15, -0.1) is 0 Å². The molecule has 0 bridgehead atoms. The lowest BCUT2D eigenvalue weighted by Crippen LogP contribution is -2.06. The van der Waals surface area contributed by atoms with Crippen molar-refractivity contribution in [2.45, 2.75) is 25.7 Å². The zero-order valence-electron chi connectivity index (χ0n) is 11.2. The van der Waals surface area contributed by atoms with Gasteiger partial charge in [0, 0.05) is 12.3 Å². The van der Waals surface area contributed by atoms with Crippen molar-refractivity contribution in [1.29, 1.82) is 0 Å². The number of Topliss-reactive ketones (excluding diaryl/α,β-unsaturated/α-hetero) is 1. The van der Waals surface area contributed by atoms with E-state index in [0.717, 1.165) is 12.0 Å². The lowest BCUT2D eigenvalue weighted by Gasteiger charge is -2.02. The molecule has 2 aromatic rings. The first kappa shape index (κ1) is 12.2. The van der Waals surface area contributed by atoms with Gasteiger partial charge in [-0.3, -0.25) is 4.79 Å². The minimum atomic E-state index is 0.240. The molecule has 1 saturated carbocycles. The summed E-state index contributed by atoms with van der Waals surface area (Å²) in [6.07, 6.45) is 1.60. The standard InChI is InChI=1S/C18H18O/c1-13-7-9-14(10-8-13)11-18(19)17-12-16(17)15-5-3-2-4-6-15/h2-10,16-17H,11-12H2,1H3. The summed E-state index contributed by atoms with van der Waals surface area (Å²) in [4.78, 5) is 12.2. The molecule has 2 unspecified atom stereocenters. The molecule has 1 heteroatoms. The quantitative estimate of drug-likeness (QED) is 0.804. The molecule has 3 rings (SSSR count). The average molecular weight is 250 g/mol. The van der Waals surface area contributed by atoms with Crippen molar-refractivity contribution in [3.8, 4) is 0 Å². The molecule has 0 amide bonds. The Morgan fingerprint density at radius 1 is 1.05 bits per heavy atom. The summed E-state index contributed by atoms with van der Waals surface area (Å²) < 4.78 is 0. The highest BCUT2D eigenvalue weighted by Gasteiger charge is 2.43. The van der Waals surface area contributed by atoms with Crippen molar-refractivity contribution in [2.75, 3.05) is 0 Å². The lowest BCUT2D eigenvalue weighted by molar-refractivity contribution is -0.119. The van der Waals surface area contributed by atoms with E-state index in [2.05, 4.69) is 55.5 Å². The number of rotatable bonds is 4. The second-order valence-electron chi connectivity index (χ2n) is 5.49. The van der Waals surface area contributed by atoms with Crippen molar-refractivity contribution < 1.29 is 4.79 Å². The molecule has 0 spiro atoms. The minimum absolute atomic E-state index is 0.240. The number of aryl methyl sites for hydroxylation is 1. The molecule has 1 nitrogen and oxygen atoms in total. The smallest absolute Gasteiger partial charge is 0.140 e. The summed E-state index contributed by atoms with van der Waals surface area (Å²) in [5.74, 6) is 1.08. The highest BCUT2D eigenvalue weighted by molar-refractivity contribution is 5.86. The summed E-state index contributed by atoms with van der Waals surface area (Å²) in [6.45, 7) is 2.07. The highest BCUT2D eigenvalue weighted by atomic mass is 16.1. The molecule has 0 radical (unpaired) electrons. The Hall–Kier alpha value is -1.89. The summed E-state index contributed by atoms with van der Waals surface area (Å²) in [5, 5.41) is 0. The Balaban J connectivity index is 1.63. The molecule has 0 aromatic heterocycles. The first-order valence-corrected chi connectivity index (χ1v) is 6.87. The third-order valence-electron chi connectivity index (χ3n) is 3.93. The third kappa shape index (κ3) is 2.76. The molecule has 0 N–H and O–H groups in total. The van der Waals surface area contributed by atoms with Crippen LogP contribution in [0, 0.1) is 12.8 Å². The van der Waals surface area contributed by atoms with Crippen LogP contribution in [0.5, 0.6) is 0 Å². The fraction of sp³-hybridized carbons (Fsp3) is 0.278. The van der Waals surface area contributed by atoms with E-state index >= 15 is 0 Å². The van der Waals surface area contributed by atoms with Gasteiger partial charge in [0.05, 0.1) is 0 Å². The summed E-state index contributed by atoms with van der Waals surface area (Å²) in [6, 6.07) is 18.7.